The molecule has 0 spiro atoms. The maximum Gasteiger partial charge on any atom is 0.341 e. The van der Waals surface area contributed by atoms with Crippen LogP contribution in [0.1, 0.15) is 10.4 Å². The number of hydrogen-bond donors (Lipinski definition) is 1. The normalized spacial score (nSPS) is 10.9. The van der Waals surface area contributed by atoms with Crippen molar-refractivity contribution in [2.45, 2.75) is 0 Å². The molecule has 25 heavy (non-hydrogen) atoms. The predicted molar refractivity (Wildman–Crippen MR) is 89.3 cm³/mol. The molecule has 0 aliphatic carbocycles. The molecule has 0 fully saturated rings. The van der Waals surface area contributed by atoms with E-state index in [9.17, 15) is 9.59 Å². The van der Waals surface area contributed by atoms with Gasteiger partial charge >= 0.3 is 5.97 Å². The van der Waals surface area contributed by atoms with Crippen LogP contribution >= 0.6 is 0 Å². The van der Waals surface area contributed by atoms with E-state index in [0.29, 0.717) is 17.1 Å². The Morgan fingerprint density at radius 2 is 1.96 bits per heavy atom. The number of para-hydroxylation sites is 1. The molecule has 8 nitrogen and oxygen atoms in total. The van der Waals surface area contributed by atoms with Crippen molar-refractivity contribution in [1.29, 1.82) is 0 Å². The van der Waals surface area contributed by atoms with Crippen LogP contribution in [0.15, 0.2) is 59.8 Å². The Morgan fingerprint density at radius 3 is 2.64 bits per heavy atom. The van der Waals surface area contributed by atoms with E-state index in [1.807, 2.05) is 18.2 Å². The molecule has 0 amide bonds. The smallest absolute Gasteiger partial charge is 0.341 e. The summed E-state index contributed by atoms with van der Waals surface area (Å²) in [5.41, 5.74) is 1.09. The number of aromatic amines is 1. The summed E-state index contributed by atoms with van der Waals surface area (Å²) in [6.07, 6.45) is 4.75. The van der Waals surface area contributed by atoms with Crippen LogP contribution in [0.5, 0.6) is 0 Å². The zero-order valence-electron chi connectivity index (χ0n) is 13.2. The fourth-order valence-electron chi connectivity index (χ4n) is 2.64. The number of rotatable bonds is 3. The van der Waals surface area contributed by atoms with E-state index >= 15 is 0 Å². The lowest BCUT2D eigenvalue weighted by molar-refractivity contribution is 0.0600. The third kappa shape index (κ3) is 2.40. The molecule has 2 aliphatic heterocycles. The number of H-pyrrole nitrogens is 1. The number of esters is 1. The predicted octanol–water partition coefficient (Wildman–Crippen LogP) is 1.64. The van der Waals surface area contributed by atoms with Crippen LogP contribution in [-0.4, -0.2) is 37.6 Å². The lowest BCUT2D eigenvalue weighted by Gasteiger charge is -2.09. The molecule has 1 N–H and O–H groups in total. The molecular formula is C17H13N5O3. The Morgan fingerprint density at radius 1 is 1.16 bits per heavy atom. The maximum absolute atomic E-state index is 12.8. The Kier molecular flexibility index (Phi) is 3.42. The summed E-state index contributed by atoms with van der Waals surface area (Å²) in [6, 6.07) is 10.7. The van der Waals surface area contributed by atoms with Gasteiger partial charge in [0.25, 0.3) is 5.56 Å². The van der Waals surface area contributed by atoms with Gasteiger partial charge < -0.3 is 9.30 Å². The molecule has 124 valence electrons. The second-order valence-corrected chi connectivity index (χ2v) is 5.33. The van der Waals surface area contributed by atoms with E-state index in [1.165, 1.54) is 11.8 Å². The first kappa shape index (κ1) is 14.9. The number of aromatic nitrogens is 5. The number of hydrogen-bond acceptors (Lipinski definition) is 5. The summed E-state index contributed by atoms with van der Waals surface area (Å²) in [5.74, 6) is 0.0375. The van der Waals surface area contributed by atoms with E-state index in [1.54, 1.807) is 41.4 Å². The summed E-state index contributed by atoms with van der Waals surface area (Å²) in [6.45, 7) is 0. The second kappa shape index (κ2) is 5.75. The van der Waals surface area contributed by atoms with Gasteiger partial charge in [-0.2, -0.15) is 14.9 Å². The van der Waals surface area contributed by atoms with E-state index in [-0.39, 0.29) is 16.8 Å². The van der Waals surface area contributed by atoms with Crippen LogP contribution in [0.3, 0.4) is 0 Å². The van der Waals surface area contributed by atoms with Crippen molar-refractivity contribution in [3.63, 3.8) is 0 Å². The van der Waals surface area contributed by atoms with Crippen LogP contribution in [0.2, 0.25) is 0 Å². The first-order valence-electron chi connectivity index (χ1n) is 7.47. The fourth-order valence-corrected chi connectivity index (χ4v) is 2.64. The Bertz CT molecular complexity index is 1060. The van der Waals surface area contributed by atoms with Crippen molar-refractivity contribution in [3.05, 3.63) is 70.9 Å². The average molecular weight is 335 g/mol. The number of carbonyl (C=O) groups excluding carboxylic acids is 1. The quantitative estimate of drug-likeness (QED) is 0.574. The molecule has 0 atom stereocenters. The zero-order valence-corrected chi connectivity index (χ0v) is 13.2. The van der Waals surface area contributed by atoms with E-state index < -0.39 is 5.97 Å². The molecule has 3 heterocycles. The van der Waals surface area contributed by atoms with Crippen molar-refractivity contribution < 1.29 is 9.53 Å². The van der Waals surface area contributed by atoms with Gasteiger partial charge in [-0.15, -0.1) is 0 Å². The third-order valence-corrected chi connectivity index (χ3v) is 3.84. The van der Waals surface area contributed by atoms with Gasteiger partial charge in [0.2, 0.25) is 0 Å². The third-order valence-electron chi connectivity index (χ3n) is 3.84. The van der Waals surface area contributed by atoms with Crippen molar-refractivity contribution in [2.75, 3.05) is 7.11 Å². The van der Waals surface area contributed by atoms with Gasteiger partial charge in [-0.1, -0.05) is 18.2 Å². The molecular weight excluding hydrogens is 322 g/mol. The van der Waals surface area contributed by atoms with Gasteiger partial charge in [-0.3, -0.25) is 9.89 Å². The minimum Gasteiger partial charge on any atom is -0.465 e. The highest BCUT2D eigenvalue weighted by Crippen LogP contribution is 2.24. The van der Waals surface area contributed by atoms with Crippen molar-refractivity contribution in [3.8, 4) is 22.8 Å². The molecule has 4 rings (SSSR count). The summed E-state index contributed by atoms with van der Waals surface area (Å²) >= 11 is 0. The fraction of sp³-hybridized carbons (Fsp3) is 0.0588. The summed E-state index contributed by atoms with van der Waals surface area (Å²) in [7, 11) is 1.29. The number of methoxy groups -OCH3 is 1. The number of carbonyl (C=O) groups is 1. The van der Waals surface area contributed by atoms with Gasteiger partial charge in [-0.05, 0) is 12.1 Å². The highest BCUT2D eigenvalue weighted by molar-refractivity contribution is 5.96. The van der Waals surface area contributed by atoms with Crippen LogP contribution in [0.4, 0.5) is 0 Å². The monoisotopic (exact) mass is 335 g/mol. The van der Waals surface area contributed by atoms with Gasteiger partial charge in [0.15, 0.2) is 0 Å². The molecule has 0 unspecified atom stereocenters. The zero-order chi connectivity index (χ0) is 17.4. The second-order valence-electron chi connectivity index (χ2n) is 5.33. The molecule has 0 radical (unpaired) electrons. The number of benzene rings is 1. The van der Waals surface area contributed by atoms with Crippen LogP contribution in [0.25, 0.3) is 22.8 Å². The lowest BCUT2D eigenvalue weighted by Crippen LogP contribution is -2.15. The maximum atomic E-state index is 12.8. The minimum atomic E-state index is -0.573. The number of nitrogens with one attached hydrogen (secondary N) is 1. The van der Waals surface area contributed by atoms with Gasteiger partial charge in [-0.25, -0.2) is 4.79 Å². The molecule has 0 saturated heterocycles. The standard InChI is InChI=1S/C17H13N5O3/c1-25-17(24)13-10-21(14-7-8-18-19-14)9-12-15(13)20-22(16(12)23)11-5-3-2-4-6-11/h2-10H,1H3,(H,18,19). The highest BCUT2D eigenvalue weighted by Gasteiger charge is 2.25. The van der Waals surface area contributed by atoms with Crippen molar-refractivity contribution in [2.24, 2.45) is 0 Å². The first-order valence-corrected chi connectivity index (χ1v) is 7.47. The summed E-state index contributed by atoms with van der Waals surface area (Å²) < 4.78 is 7.73. The van der Waals surface area contributed by atoms with Crippen molar-refractivity contribution >= 4 is 5.97 Å². The Labute approximate surface area is 141 Å². The van der Waals surface area contributed by atoms with E-state index in [0.717, 1.165) is 0 Å². The molecule has 0 bridgehead atoms. The molecule has 0 saturated carbocycles. The van der Waals surface area contributed by atoms with E-state index in [4.69, 9.17) is 4.74 Å². The summed E-state index contributed by atoms with van der Waals surface area (Å²) in [4.78, 5) is 25.0. The van der Waals surface area contributed by atoms with E-state index in [2.05, 4.69) is 15.3 Å². The first-order chi connectivity index (χ1) is 12.2. The topological polar surface area (TPSA) is 94.8 Å². The molecule has 1 aromatic carbocycles. The number of ether oxygens (including phenoxy) is 1. The highest BCUT2D eigenvalue weighted by atomic mass is 16.5. The van der Waals surface area contributed by atoms with Crippen molar-refractivity contribution in [1.82, 2.24) is 24.5 Å². The molecule has 2 aromatic rings. The number of fused-ring (bicyclic) bond motifs is 1. The van der Waals surface area contributed by atoms with Crippen LogP contribution in [-0.2, 0) is 4.74 Å². The Hall–Kier alpha value is -3.68. The number of nitrogens with zero attached hydrogens (tertiary/aromatic N) is 4. The average Bonchev–Trinajstić information content (AvgIpc) is 3.30. The lowest BCUT2D eigenvalue weighted by atomic mass is 10.1. The molecule has 1 aromatic heterocycles. The minimum absolute atomic E-state index is 0.196. The van der Waals surface area contributed by atoms with Crippen LogP contribution in [0, 0.1) is 0 Å². The molecule has 8 heteroatoms. The number of pyridine rings is 1. The largest absolute Gasteiger partial charge is 0.465 e. The van der Waals surface area contributed by atoms with Crippen LogP contribution < -0.4 is 5.56 Å². The van der Waals surface area contributed by atoms with Gasteiger partial charge in [0.1, 0.15) is 17.1 Å². The molecule has 2 aliphatic rings. The van der Waals surface area contributed by atoms with Gasteiger partial charge in [0.05, 0.1) is 24.6 Å². The Balaban J connectivity index is 2.02. The summed E-state index contributed by atoms with van der Waals surface area (Å²) in [5, 5.41) is 11.0. The SMILES string of the molecule is COC(=O)c1cn(-c2ccn[nH]2)cc2c(=O)n(-c3ccccc3)nc1-2. The van der Waals surface area contributed by atoms with Gasteiger partial charge in [0, 0.05) is 18.5 Å².